The molecule has 0 fully saturated rings. The average molecular weight is 386 g/mol. The van der Waals surface area contributed by atoms with Gasteiger partial charge in [-0.2, -0.15) is 11.8 Å². The van der Waals surface area contributed by atoms with Gasteiger partial charge < -0.3 is 5.32 Å². The Labute approximate surface area is 152 Å². The maximum Gasteiger partial charge on any atom is 0.330 e. The third-order valence-corrected chi connectivity index (χ3v) is 4.78. The first-order chi connectivity index (χ1) is 11.8. The smallest absolute Gasteiger partial charge is 0.324 e. The fourth-order valence-corrected chi connectivity index (χ4v) is 3.18. The molecular weight excluding hydrogens is 369 g/mol. The van der Waals surface area contributed by atoms with Crippen molar-refractivity contribution in [2.75, 3.05) is 11.1 Å². The highest BCUT2D eigenvalue weighted by atomic mass is 35.5. The first kappa shape index (κ1) is 19.3. The quantitative estimate of drug-likeness (QED) is 0.773. The molecule has 2 rings (SSSR count). The molecule has 1 amide bonds. The van der Waals surface area contributed by atoms with Crippen molar-refractivity contribution in [2.45, 2.75) is 12.2 Å². The summed E-state index contributed by atoms with van der Waals surface area (Å²) < 4.78 is 16.0. The molecule has 0 aliphatic rings. The Kier molecular flexibility index (Phi) is 6.44. The summed E-state index contributed by atoms with van der Waals surface area (Å²) in [6.07, 6.45) is 0.172. The summed E-state index contributed by atoms with van der Waals surface area (Å²) >= 11 is 7.06. The Morgan fingerprint density at radius 3 is 2.64 bits per heavy atom. The zero-order chi connectivity index (χ0) is 18.6. The maximum atomic E-state index is 13.6. The number of thioether (sulfide) groups is 1. The Morgan fingerprint density at radius 2 is 1.96 bits per heavy atom. The molecule has 1 aromatic heterocycles. The highest BCUT2D eigenvalue weighted by molar-refractivity contribution is 7.98. The molecule has 0 spiro atoms. The number of carbonyl (C=O) groups excluding carboxylic acids is 1. The van der Waals surface area contributed by atoms with Crippen LogP contribution >= 0.6 is 23.4 Å². The minimum atomic E-state index is -0.594. The predicted octanol–water partition coefficient (Wildman–Crippen LogP) is 2.14. The molecule has 0 unspecified atom stereocenters. The second-order valence-electron chi connectivity index (χ2n) is 5.35. The van der Waals surface area contributed by atoms with E-state index in [1.165, 1.54) is 41.6 Å². The van der Waals surface area contributed by atoms with Gasteiger partial charge in [0.05, 0.1) is 5.69 Å². The van der Waals surface area contributed by atoms with Gasteiger partial charge in [0.1, 0.15) is 5.82 Å². The Morgan fingerprint density at radius 1 is 1.24 bits per heavy atom. The van der Waals surface area contributed by atoms with Gasteiger partial charge in [-0.25, -0.2) is 9.18 Å². The van der Waals surface area contributed by atoms with Crippen molar-refractivity contribution in [3.63, 3.8) is 0 Å². The molecule has 1 heterocycles. The summed E-state index contributed by atoms with van der Waals surface area (Å²) in [5, 5.41) is 2.73. The van der Waals surface area contributed by atoms with Gasteiger partial charge in [-0.05, 0) is 18.2 Å². The van der Waals surface area contributed by atoms with Crippen molar-refractivity contribution in [1.82, 2.24) is 9.13 Å². The van der Waals surface area contributed by atoms with E-state index in [1.54, 1.807) is 7.05 Å². The second-order valence-corrected chi connectivity index (χ2v) is 6.89. The molecule has 1 aromatic carbocycles. The lowest BCUT2D eigenvalue weighted by atomic mass is 10.3. The Bertz CT molecular complexity index is 910. The molecular formula is C16H17ClFN3O3S. The maximum absolute atomic E-state index is 13.6. The van der Waals surface area contributed by atoms with E-state index < -0.39 is 5.82 Å². The highest BCUT2D eigenvalue weighted by Crippen LogP contribution is 2.19. The predicted molar refractivity (Wildman–Crippen MR) is 97.7 cm³/mol. The standard InChI is InChI=1S/C16H17ClFN3O3S/c1-20-11(8-15(23)21(2)16(20)24)9-25-6-5-14(22)19-13-4-3-10(17)7-12(13)18/h3-4,7-8H,5-6,9H2,1-2H3,(H,19,22). The second kappa shape index (κ2) is 8.35. The van der Waals surface area contributed by atoms with Crippen molar-refractivity contribution in [3.8, 4) is 0 Å². The molecule has 9 heteroatoms. The van der Waals surface area contributed by atoms with Crippen molar-refractivity contribution in [1.29, 1.82) is 0 Å². The number of nitrogens with zero attached hydrogens (tertiary/aromatic N) is 2. The van der Waals surface area contributed by atoms with Gasteiger partial charge in [0.2, 0.25) is 5.91 Å². The molecule has 0 aliphatic carbocycles. The van der Waals surface area contributed by atoms with Crippen LogP contribution in [0, 0.1) is 5.82 Å². The molecule has 0 saturated heterocycles. The van der Waals surface area contributed by atoms with Crippen LogP contribution in [-0.4, -0.2) is 20.8 Å². The van der Waals surface area contributed by atoms with E-state index in [9.17, 15) is 18.8 Å². The summed E-state index contributed by atoms with van der Waals surface area (Å²) in [4.78, 5) is 35.3. The summed E-state index contributed by atoms with van der Waals surface area (Å²) in [5.41, 5.74) is -0.0932. The number of nitrogens with one attached hydrogen (secondary N) is 1. The van der Waals surface area contributed by atoms with E-state index in [2.05, 4.69) is 5.32 Å². The number of hydrogen-bond donors (Lipinski definition) is 1. The molecule has 1 N–H and O–H groups in total. The van der Waals surface area contributed by atoms with Crippen LogP contribution in [0.4, 0.5) is 10.1 Å². The number of carbonyl (C=O) groups is 1. The van der Waals surface area contributed by atoms with Crippen LogP contribution in [0.1, 0.15) is 12.1 Å². The number of anilines is 1. The van der Waals surface area contributed by atoms with Crippen molar-refractivity contribution < 1.29 is 9.18 Å². The van der Waals surface area contributed by atoms with E-state index in [4.69, 9.17) is 11.6 Å². The summed E-state index contributed by atoms with van der Waals surface area (Å²) in [6, 6.07) is 5.42. The Hall–Kier alpha value is -2.06. The normalized spacial score (nSPS) is 10.7. The van der Waals surface area contributed by atoms with Gasteiger partial charge in [0.15, 0.2) is 0 Å². The minimum absolute atomic E-state index is 0.0772. The Balaban J connectivity index is 1.86. The lowest BCUT2D eigenvalue weighted by Gasteiger charge is -2.09. The number of halogens is 2. The van der Waals surface area contributed by atoms with Gasteiger partial charge in [0.25, 0.3) is 5.56 Å². The third kappa shape index (κ3) is 4.96. The van der Waals surface area contributed by atoms with Crippen LogP contribution in [0.2, 0.25) is 5.02 Å². The summed E-state index contributed by atoms with van der Waals surface area (Å²) in [5.74, 6) is -0.0373. The SMILES string of the molecule is Cn1c(CSCCC(=O)Nc2ccc(Cl)cc2F)cc(=O)n(C)c1=O. The van der Waals surface area contributed by atoms with Gasteiger partial charge in [-0.1, -0.05) is 11.6 Å². The van der Waals surface area contributed by atoms with E-state index >= 15 is 0 Å². The van der Waals surface area contributed by atoms with Crippen LogP contribution in [0.5, 0.6) is 0 Å². The molecule has 6 nitrogen and oxygen atoms in total. The number of rotatable bonds is 6. The number of benzene rings is 1. The molecule has 0 saturated carbocycles. The number of amides is 1. The monoisotopic (exact) mass is 385 g/mol. The summed E-state index contributed by atoms with van der Waals surface area (Å²) in [6.45, 7) is 0. The van der Waals surface area contributed by atoms with Crippen molar-refractivity contribution >= 4 is 35.0 Å². The van der Waals surface area contributed by atoms with E-state index in [0.29, 0.717) is 17.2 Å². The van der Waals surface area contributed by atoms with Crippen LogP contribution < -0.4 is 16.6 Å². The minimum Gasteiger partial charge on any atom is -0.324 e. The third-order valence-electron chi connectivity index (χ3n) is 3.55. The number of hydrogen-bond acceptors (Lipinski definition) is 4. The average Bonchev–Trinajstić information content (AvgIpc) is 2.56. The molecule has 2 aromatic rings. The van der Waals surface area contributed by atoms with Crippen LogP contribution in [-0.2, 0) is 24.6 Å². The lowest BCUT2D eigenvalue weighted by molar-refractivity contribution is -0.115. The topological polar surface area (TPSA) is 73.1 Å². The zero-order valence-corrected chi connectivity index (χ0v) is 15.3. The molecule has 0 aliphatic heterocycles. The lowest BCUT2D eigenvalue weighted by Crippen LogP contribution is -2.37. The molecule has 25 heavy (non-hydrogen) atoms. The molecule has 0 atom stereocenters. The fraction of sp³-hybridized carbons (Fsp3) is 0.312. The summed E-state index contributed by atoms with van der Waals surface area (Å²) in [7, 11) is 3.01. The van der Waals surface area contributed by atoms with E-state index in [1.807, 2.05) is 0 Å². The first-order valence-corrected chi connectivity index (χ1v) is 8.91. The van der Waals surface area contributed by atoms with Crippen LogP contribution in [0.15, 0.2) is 33.9 Å². The van der Waals surface area contributed by atoms with Crippen molar-refractivity contribution in [3.05, 3.63) is 61.6 Å². The van der Waals surface area contributed by atoms with Gasteiger partial charge in [-0.3, -0.25) is 18.7 Å². The van der Waals surface area contributed by atoms with E-state index in [0.717, 1.165) is 10.6 Å². The highest BCUT2D eigenvalue weighted by Gasteiger charge is 2.09. The molecule has 0 bridgehead atoms. The van der Waals surface area contributed by atoms with Crippen molar-refractivity contribution in [2.24, 2.45) is 14.1 Å². The van der Waals surface area contributed by atoms with Crippen LogP contribution in [0.25, 0.3) is 0 Å². The first-order valence-electron chi connectivity index (χ1n) is 7.38. The van der Waals surface area contributed by atoms with Crippen LogP contribution in [0.3, 0.4) is 0 Å². The van der Waals surface area contributed by atoms with E-state index in [-0.39, 0.29) is 34.3 Å². The fourth-order valence-electron chi connectivity index (χ4n) is 2.06. The van der Waals surface area contributed by atoms with Gasteiger partial charge >= 0.3 is 5.69 Å². The molecule has 0 radical (unpaired) electrons. The zero-order valence-electron chi connectivity index (χ0n) is 13.7. The molecule has 134 valence electrons. The number of aromatic nitrogens is 2. The van der Waals surface area contributed by atoms with Gasteiger partial charge in [0, 0.05) is 48.8 Å². The van der Waals surface area contributed by atoms with Gasteiger partial charge in [-0.15, -0.1) is 0 Å². The largest absolute Gasteiger partial charge is 0.330 e.